The van der Waals surface area contributed by atoms with Gasteiger partial charge in [-0.1, -0.05) is 64.4 Å². The first-order valence-corrected chi connectivity index (χ1v) is 6.97. The van der Waals surface area contributed by atoms with Gasteiger partial charge >= 0.3 is 0 Å². The Balaban J connectivity index is 3.06. The molecule has 1 aromatic rings. The van der Waals surface area contributed by atoms with Crippen LogP contribution in [0.1, 0.15) is 46.1 Å². The molecule has 1 nitrogen and oxygen atoms in total. The smallest absolute Gasteiger partial charge is 0.0101 e. The van der Waals surface area contributed by atoms with Crippen LogP contribution in [0.25, 0.3) is 0 Å². The van der Waals surface area contributed by atoms with E-state index in [1.165, 1.54) is 18.4 Å². The molecule has 1 heteroatoms. The van der Waals surface area contributed by atoms with Crippen LogP contribution in [-0.4, -0.2) is 13.1 Å². The Kier molecular flexibility index (Phi) is 5.70. The molecule has 0 bridgehead atoms. The van der Waals surface area contributed by atoms with Crippen molar-refractivity contribution in [1.82, 2.24) is 5.32 Å². The minimum Gasteiger partial charge on any atom is -0.316 e. The van der Waals surface area contributed by atoms with Crippen molar-refractivity contribution in [1.29, 1.82) is 0 Å². The van der Waals surface area contributed by atoms with Crippen LogP contribution in [0, 0.1) is 5.92 Å². The monoisotopic (exact) mass is 233 g/mol. The standard InChI is InChI=1S/C16H27N/c1-5-14(4)16(6-2,13-17-7-3)15-11-9-8-10-12-15/h8-12,14,17H,5-7,13H2,1-4H3. The number of benzene rings is 1. The Morgan fingerprint density at radius 2 is 1.76 bits per heavy atom. The molecule has 2 atom stereocenters. The summed E-state index contributed by atoms with van der Waals surface area (Å²) in [6, 6.07) is 11.0. The maximum absolute atomic E-state index is 3.55. The van der Waals surface area contributed by atoms with Gasteiger partial charge in [0.05, 0.1) is 0 Å². The molecule has 0 aromatic heterocycles. The normalized spacial score (nSPS) is 16.5. The molecular weight excluding hydrogens is 206 g/mol. The highest BCUT2D eigenvalue weighted by Crippen LogP contribution is 2.37. The van der Waals surface area contributed by atoms with Crippen molar-refractivity contribution in [3.05, 3.63) is 35.9 Å². The molecule has 1 N–H and O–H groups in total. The van der Waals surface area contributed by atoms with E-state index >= 15 is 0 Å². The molecule has 17 heavy (non-hydrogen) atoms. The van der Waals surface area contributed by atoms with Gasteiger partial charge in [0.2, 0.25) is 0 Å². The van der Waals surface area contributed by atoms with Gasteiger partial charge in [0.1, 0.15) is 0 Å². The summed E-state index contributed by atoms with van der Waals surface area (Å²) in [5.74, 6) is 0.703. The Morgan fingerprint density at radius 3 is 2.24 bits per heavy atom. The quantitative estimate of drug-likeness (QED) is 0.751. The highest BCUT2D eigenvalue weighted by atomic mass is 14.9. The Morgan fingerprint density at radius 1 is 1.12 bits per heavy atom. The Labute approximate surface area is 107 Å². The number of hydrogen-bond donors (Lipinski definition) is 1. The third-order valence-electron chi connectivity index (χ3n) is 4.23. The van der Waals surface area contributed by atoms with Crippen molar-refractivity contribution < 1.29 is 0 Å². The van der Waals surface area contributed by atoms with Crippen molar-refractivity contribution in [2.75, 3.05) is 13.1 Å². The summed E-state index contributed by atoms with van der Waals surface area (Å²) >= 11 is 0. The second kappa shape index (κ2) is 6.80. The number of hydrogen-bond acceptors (Lipinski definition) is 1. The van der Waals surface area contributed by atoms with Gasteiger partial charge in [0, 0.05) is 12.0 Å². The Hall–Kier alpha value is -0.820. The predicted octanol–water partition coefficient (Wildman–Crippen LogP) is 3.99. The van der Waals surface area contributed by atoms with E-state index in [9.17, 15) is 0 Å². The molecule has 0 spiro atoms. The fourth-order valence-corrected chi connectivity index (χ4v) is 2.75. The average Bonchev–Trinajstić information content (AvgIpc) is 2.41. The van der Waals surface area contributed by atoms with Gasteiger partial charge in [0.15, 0.2) is 0 Å². The first kappa shape index (κ1) is 14.2. The molecule has 0 aliphatic rings. The molecule has 0 saturated carbocycles. The van der Waals surface area contributed by atoms with Gasteiger partial charge in [-0.25, -0.2) is 0 Å². The summed E-state index contributed by atoms with van der Waals surface area (Å²) in [4.78, 5) is 0. The lowest BCUT2D eigenvalue weighted by atomic mass is 9.68. The first-order valence-electron chi connectivity index (χ1n) is 6.97. The average molecular weight is 233 g/mol. The van der Waals surface area contributed by atoms with Gasteiger partial charge in [-0.2, -0.15) is 0 Å². The maximum Gasteiger partial charge on any atom is 0.0101 e. The van der Waals surface area contributed by atoms with Crippen LogP contribution in [0.3, 0.4) is 0 Å². The van der Waals surface area contributed by atoms with Gasteiger partial charge in [-0.15, -0.1) is 0 Å². The largest absolute Gasteiger partial charge is 0.316 e. The maximum atomic E-state index is 3.55. The lowest BCUT2D eigenvalue weighted by Gasteiger charge is -2.39. The second-order valence-electron chi connectivity index (χ2n) is 4.97. The van der Waals surface area contributed by atoms with Crippen LogP contribution < -0.4 is 5.32 Å². The number of nitrogens with one attached hydrogen (secondary N) is 1. The van der Waals surface area contributed by atoms with Gasteiger partial charge in [-0.3, -0.25) is 0 Å². The summed E-state index contributed by atoms with van der Waals surface area (Å²) < 4.78 is 0. The van der Waals surface area contributed by atoms with E-state index in [0.29, 0.717) is 5.92 Å². The van der Waals surface area contributed by atoms with Crippen molar-refractivity contribution >= 4 is 0 Å². The fourth-order valence-electron chi connectivity index (χ4n) is 2.75. The molecule has 0 saturated heterocycles. The van der Waals surface area contributed by atoms with Crippen LogP contribution >= 0.6 is 0 Å². The summed E-state index contributed by atoms with van der Waals surface area (Å²) in [6.07, 6.45) is 2.42. The molecule has 2 unspecified atom stereocenters. The van der Waals surface area contributed by atoms with E-state index in [1.807, 2.05) is 0 Å². The zero-order valence-electron chi connectivity index (χ0n) is 11.8. The first-order chi connectivity index (χ1) is 8.21. The van der Waals surface area contributed by atoms with Crippen LogP contribution in [0.2, 0.25) is 0 Å². The highest BCUT2D eigenvalue weighted by Gasteiger charge is 2.34. The molecule has 0 radical (unpaired) electrons. The van der Waals surface area contributed by atoms with E-state index < -0.39 is 0 Å². The van der Waals surface area contributed by atoms with Gasteiger partial charge in [-0.05, 0) is 24.4 Å². The zero-order chi connectivity index (χ0) is 12.7. The summed E-state index contributed by atoms with van der Waals surface area (Å²) in [6.45, 7) is 11.3. The third kappa shape index (κ3) is 3.10. The summed E-state index contributed by atoms with van der Waals surface area (Å²) in [5, 5.41) is 3.55. The van der Waals surface area contributed by atoms with Gasteiger partial charge < -0.3 is 5.32 Å². The predicted molar refractivity (Wildman–Crippen MR) is 76.4 cm³/mol. The van der Waals surface area contributed by atoms with Gasteiger partial charge in [0.25, 0.3) is 0 Å². The Bertz CT molecular complexity index is 307. The van der Waals surface area contributed by atoms with Crippen molar-refractivity contribution in [3.8, 4) is 0 Å². The SMILES string of the molecule is CCNCC(CC)(c1ccccc1)C(C)CC. The third-order valence-corrected chi connectivity index (χ3v) is 4.23. The highest BCUT2D eigenvalue weighted by molar-refractivity contribution is 5.27. The molecule has 1 rings (SSSR count). The fraction of sp³-hybridized carbons (Fsp3) is 0.625. The molecule has 0 fully saturated rings. The minimum atomic E-state index is 0.284. The molecule has 0 amide bonds. The van der Waals surface area contributed by atoms with Crippen molar-refractivity contribution in [3.63, 3.8) is 0 Å². The molecule has 0 aliphatic heterocycles. The minimum absolute atomic E-state index is 0.284. The van der Waals surface area contributed by atoms with E-state index in [2.05, 4.69) is 63.3 Å². The van der Waals surface area contributed by atoms with E-state index in [-0.39, 0.29) is 5.41 Å². The lowest BCUT2D eigenvalue weighted by molar-refractivity contribution is 0.257. The van der Waals surface area contributed by atoms with E-state index in [0.717, 1.165) is 13.1 Å². The topological polar surface area (TPSA) is 12.0 Å². The molecule has 0 aliphatic carbocycles. The van der Waals surface area contributed by atoms with Crippen LogP contribution in [0.5, 0.6) is 0 Å². The van der Waals surface area contributed by atoms with E-state index in [1.54, 1.807) is 0 Å². The number of likely N-dealkylation sites (N-methyl/N-ethyl adjacent to an activating group) is 1. The second-order valence-corrected chi connectivity index (χ2v) is 4.97. The molecular formula is C16H27N. The van der Waals surface area contributed by atoms with Crippen LogP contribution in [0.4, 0.5) is 0 Å². The van der Waals surface area contributed by atoms with Crippen molar-refractivity contribution in [2.24, 2.45) is 5.92 Å². The van der Waals surface area contributed by atoms with Crippen molar-refractivity contribution in [2.45, 2.75) is 46.0 Å². The lowest BCUT2D eigenvalue weighted by Crippen LogP contribution is -2.42. The van der Waals surface area contributed by atoms with E-state index in [4.69, 9.17) is 0 Å². The zero-order valence-corrected chi connectivity index (χ0v) is 11.8. The summed E-state index contributed by atoms with van der Waals surface area (Å²) in [7, 11) is 0. The molecule has 0 heterocycles. The van der Waals surface area contributed by atoms with Crippen LogP contribution in [0.15, 0.2) is 30.3 Å². The molecule has 1 aromatic carbocycles. The summed E-state index contributed by atoms with van der Waals surface area (Å²) in [5.41, 5.74) is 1.77. The molecule has 96 valence electrons. The number of rotatable bonds is 7. The van der Waals surface area contributed by atoms with Crippen LogP contribution in [-0.2, 0) is 5.41 Å².